The van der Waals surface area contributed by atoms with E-state index in [1.54, 1.807) is 0 Å². The smallest absolute Gasteiger partial charge is 0.336 e. The first-order valence-electron chi connectivity index (χ1n) is 2.90. The average molecular weight is 298 g/mol. The van der Waals surface area contributed by atoms with E-state index >= 15 is 0 Å². The van der Waals surface area contributed by atoms with E-state index in [1.165, 1.54) is 6.07 Å². The van der Waals surface area contributed by atoms with Gasteiger partial charge in [-0.25, -0.2) is 9.18 Å². The minimum Gasteiger partial charge on any atom is -0.478 e. The molecule has 1 aromatic carbocycles. The van der Waals surface area contributed by atoms with Gasteiger partial charge in [0.15, 0.2) is 0 Å². The lowest BCUT2D eigenvalue weighted by atomic mass is 10.2. The monoisotopic (exact) mass is 296 g/mol. The Balaban J connectivity index is 3.37. The maximum Gasteiger partial charge on any atom is 0.336 e. The standard InChI is InChI=1S/C7H3Br2FO2/c8-5-2-3(10)1-4(6(5)9)7(11)12/h1-2H,(H,11,12). The summed E-state index contributed by atoms with van der Waals surface area (Å²) in [7, 11) is 0. The molecule has 1 N–H and O–H groups in total. The highest BCUT2D eigenvalue weighted by molar-refractivity contribution is 9.13. The van der Waals surface area contributed by atoms with Crippen molar-refractivity contribution in [3.63, 3.8) is 0 Å². The fraction of sp³-hybridized carbons (Fsp3) is 0. The number of hydrogen-bond acceptors (Lipinski definition) is 1. The Bertz CT molecular complexity index is 338. The van der Waals surface area contributed by atoms with Gasteiger partial charge in [0, 0.05) is 8.95 Å². The van der Waals surface area contributed by atoms with Crippen LogP contribution in [0.15, 0.2) is 21.1 Å². The molecule has 0 spiro atoms. The van der Waals surface area contributed by atoms with Crippen LogP contribution in [0.1, 0.15) is 10.4 Å². The maximum absolute atomic E-state index is 12.7. The van der Waals surface area contributed by atoms with Crippen LogP contribution >= 0.6 is 31.9 Å². The van der Waals surface area contributed by atoms with Gasteiger partial charge in [-0.1, -0.05) is 0 Å². The van der Waals surface area contributed by atoms with Crippen LogP contribution < -0.4 is 0 Å². The fourth-order valence-electron chi connectivity index (χ4n) is 0.712. The van der Waals surface area contributed by atoms with Crippen molar-refractivity contribution in [3.05, 3.63) is 32.5 Å². The third-order valence-corrected chi connectivity index (χ3v) is 3.24. The first-order valence-corrected chi connectivity index (χ1v) is 4.49. The molecular weight excluding hydrogens is 295 g/mol. The second kappa shape index (κ2) is 3.53. The van der Waals surface area contributed by atoms with Gasteiger partial charge in [-0.05, 0) is 44.0 Å². The first kappa shape index (κ1) is 9.67. The molecule has 0 saturated carbocycles. The number of halogens is 3. The highest BCUT2D eigenvalue weighted by Gasteiger charge is 2.12. The molecule has 0 saturated heterocycles. The van der Waals surface area contributed by atoms with E-state index in [1.807, 2.05) is 0 Å². The normalized spacial score (nSPS) is 9.92. The van der Waals surface area contributed by atoms with E-state index in [2.05, 4.69) is 31.9 Å². The van der Waals surface area contributed by atoms with Gasteiger partial charge in [0.1, 0.15) is 5.82 Å². The molecule has 0 atom stereocenters. The molecule has 0 unspecified atom stereocenters. The molecule has 5 heteroatoms. The number of carboxylic acids is 1. The Morgan fingerprint density at radius 2 is 2.00 bits per heavy atom. The van der Waals surface area contributed by atoms with E-state index in [9.17, 15) is 9.18 Å². The zero-order chi connectivity index (χ0) is 9.30. The van der Waals surface area contributed by atoms with Gasteiger partial charge in [0.2, 0.25) is 0 Å². The van der Waals surface area contributed by atoms with Crippen molar-refractivity contribution in [3.8, 4) is 0 Å². The molecule has 12 heavy (non-hydrogen) atoms. The molecule has 1 aromatic rings. The van der Waals surface area contributed by atoms with Crippen molar-refractivity contribution in [1.29, 1.82) is 0 Å². The molecule has 0 radical (unpaired) electrons. The minimum absolute atomic E-state index is 0.0955. The highest BCUT2D eigenvalue weighted by atomic mass is 79.9. The fourth-order valence-corrected chi connectivity index (χ4v) is 1.54. The number of benzene rings is 1. The number of aromatic carboxylic acids is 1. The minimum atomic E-state index is -1.16. The van der Waals surface area contributed by atoms with Crippen LogP contribution in [-0.4, -0.2) is 11.1 Å². The van der Waals surface area contributed by atoms with Crippen LogP contribution in [0, 0.1) is 5.82 Å². The summed E-state index contributed by atoms with van der Waals surface area (Å²) in [6, 6.07) is 2.15. The van der Waals surface area contributed by atoms with Crippen LogP contribution in [-0.2, 0) is 0 Å². The van der Waals surface area contributed by atoms with Crippen LogP contribution in [0.2, 0.25) is 0 Å². The lowest BCUT2D eigenvalue weighted by Crippen LogP contribution is -1.98. The van der Waals surface area contributed by atoms with Crippen molar-refractivity contribution >= 4 is 37.8 Å². The molecule has 0 aliphatic rings. The van der Waals surface area contributed by atoms with Gasteiger partial charge < -0.3 is 5.11 Å². The van der Waals surface area contributed by atoms with Gasteiger partial charge in [-0.15, -0.1) is 0 Å². The highest BCUT2D eigenvalue weighted by Crippen LogP contribution is 2.27. The third-order valence-electron chi connectivity index (χ3n) is 1.22. The molecule has 0 aliphatic carbocycles. The number of rotatable bonds is 1. The largest absolute Gasteiger partial charge is 0.478 e. The Hall–Kier alpha value is -0.420. The van der Waals surface area contributed by atoms with Crippen molar-refractivity contribution in [1.82, 2.24) is 0 Å². The first-order chi connectivity index (χ1) is 5.52. The van der Waals surface area contributed by atoms with E-state index in [0.717, 1.165) is 6.07 Å². The quantitative estimate of drug-likeness (QED) is 0.809. The number of carboxylic acid groups (broad SMARTS) is 1. The lowest BCUT2D eigenvalue weighted by molar-refractivity contribution is 0.0695. The topological polar surface area (TPSA) is 37.3 Å². The zero-order valence-corrected chi connectivity index (χ0v) is 8.82. The predicted octanol–water partition coefficient (Wildman–Crippen LogP) is 3.05. The van der Waals surface area contributed by atoms with Crippen LogP contribution in [0.25, 0.3) is 0 Å². The second-order valence-electron chi connectivity index (χ2n) is 2.05. The SMILES string of the molecule is O=C(O)c1cc(F)cc(Br)c1Br. The molecule has 0 aliphatic heterocycles. The van der Waals surface area contributed by atoms with Gasteiger partial charge in [0.05, 0.1) is 5.56 Å². The summed E-state index contributed by atoms with van der Waals surface area (Å²) in [5.41, 5.74) is -0.0955. The zero-order valence-electron chi connectivity index (χ0n) is 5.64. The van der Waals surface area contributed by atoms with Crippen LogP contribution in [0.5, 0.6) is 0 Å². The predicted molar refractivity (Wildman–Crippen MR) is 48.8 cm³/mol. The Morgan fingerprint density at radius 3 is 2.50 bits per heavy atom. The average Bonchev–Trinajstić information content (AvgIpc) is 1.96. The number of carbonyl (C=O) groups is 1. The van der Waals surface area contributed by atoms with E-state index < -0.39 is 11.8 Å². The Morgan fingerprint density at radius 1 is 1.42 bits per heavy atom. The van der Waals surface area contributed by atoms with Crippen LogP contribution in [0.4, 0.5) is 4.39 Å². The van der Waals surface area contributed by atoms with E-state index in [0.29, 0.717) is 8.95 Å². The lowest BCUT2D eigenvalue weighted by Gasteiger charge is -2.00. The summed E-state index contributed by atoms with van der Waals surface area (Å²) in [5, 5.41) is 8.60. The molecule has 2 nitrogen and oxygen atoms in total. The third kappa shape index (κ3) is 1.84. The molecule has 0 bridgehead atoms. The van der Waals surface area contributed by atoms with Gasteiger partial charge in [-0.3, -0.25) is 0 Å². The summed E-state index contributed by atoms with van der Waals surface area (Å²) < 4.78 is 13.4. The van der Waals surface area contributed by atoms with Gasteiger partial charge in [0.25, 0.3) is 0 Å². The van der Waals surface area contributed by atoms with Gasteiger partial charge in [-0.2, -0.15) is 0 Å². The Labute approximate surface area is 84.7 Å². The van der Waals surface area contributed by atoms with Gasteiger partial charge >= 0.3 is 5.97 Å². The summed E-state index contributed by atoms with van der Waals surface area (Å²) in [6.45, 7) is 0. The van der Waals surface area contributed by atoms with Crippen LogP contribution in [0.3, 0.4) is 0 Å². The van der Waals surface area contributed by atoms with Crippen molar-refractivity contribution in [2.75, 3.05) is 0 Å². The molecule has 0 aromatic heterocycles. The molecular formula is C7H3Br2FO2. The van der Waals surface area contributed by atoms with E-state index in [4.69, 9.17) is 5.11 Å². The molecule has 0 heterocycles. The van der Waals surface area contributed by atoms with Crippen molar-refractivity contribution in [2.45, 2.75) is 0 Å². The number of hydrogen-bond donors (Lipinski definition) is 1. The maximum atomic E-state index is 12.7. The molecule has 64 valence electrons. The molecule has 0 amide bonds. The summed E-state index contributed by atoms with van der Waals surface area (Å²) in [4.78, 5) is 10.5. The second-order valence-corrected chi connectivity index (χ2v) is 3.70. The molecule has 1 rings (SSSR count). The summed E-state index contributed by atoms with van der Waals surface area (Å²) in [5.74, 6) is -1.75. The summed E-state index contributed by atoms with van der Waals surface area (Å²) >= 11 is 6.04. The Kier molecular flexibility index (Phi) is 2.85. The van der Waals surface area contributed by atoms with E-state index in [-0.39, 0.29) is 5.56 Å². The molecule has 0 fully saturated rings. The van der Waals surface area contributed by atoms with Crippen molar-refractivity contribution in [2.24, 2.45) is 0 Å². The van der Waals surface area contributed by atoms with Crippen molar-refractivity contribution < 1.29 is 14.3 Å². The summed E-state index contributed by atoms with van der Waals surface area (Å²) in [6.07, 6.45) is 0.